The number of ketones is 4. The minimum Gasteiger partial charge on any atom is -0.481 e. The number of ether oxygens (including phenoxy) is 4. The van der Waals surface area contributed by atoms with Gasteiger partial charge >= 0.3 is 11.9 Å². The summed E-state index contributed by atoms with van der Waals surface area (Å²) >= 11 is 0. The summed E-state index contributed by atoms with van der Waals surface area (Å²) < 4.78 is 21.2. The molecule has 0 bridgehead atoms. The average Bonchev–Trinajstić information content (AvgIpc) is 3.90. The third-order valence-corrected chi connectivity index (χ3v) is 12.2. The third kappa shape index (κ3) is 45.3. The average molecular weight is 1080 g/mol. The number of carboxylic acids is 2. The minimum absolute atomic E-state index is 0.00969. The molecular formula is C55H96N6O15. The van der Waals surface area contributed by atoms with Crippen LogP contribution in [0.1, 0.15) is 193 Å². The maximum Gasteiger partial charge on any atom is 0.326 e. The van der Waals surface area contributed by atoms with Crippen molar-refractivity contribution < 1.29 is 72.3 Å². The van der Waals surface area contributed by atoms with Crippen LogP contribution < -0.4 is 21.7 Å². The lowest BCUT2D eigenvalue weighted by atomic mass is 9.87. The molecule has 1 heterocycles. The first-order chi connectivity index (χ1) is 36.6. The van der Waals surface area contributed by atoms with E-state index in [0.29, 0.717) is 84.5 Å². The van der Waals surface area contributed by atoms with Crippen molar-refractivity contribution in [1.82, 2.24) is 25.9 Å². The van der Waals surface area contributed by atoms with E-state index in [0.717, 1.165) is 50.6 Å². The summed E-state index contributed by atoms with van der Waals surface area (Å²) in [6.45, 7) is 8.09. The van der Waals surface area contributed by atoms with Gasteiger partial charge in [-0.2, -0.15) is 0 Å². The monoisotopic (exact) mass is 1080 g/mol. The Hall–Kier alpha value is -4.96. The number of rotatable bonds is 52. The van der Waals surface area contributed by atoms with Crippen LogP contribution in [-0.2, 0) is 68.5 Å². The second kappa shape index (κ2) is 49.6. The SMILES string of the molecule is CCC(=O)CCC(NC(=O)CCCCCCCCCCCCCCCCC(=O)O)C(=O)O.CCCOCCOCC(=O)NCCOCCOCC(=O)NCCCC[C@H](CC(=O)[C@@H](N)Cc1cnc[nH]1)C(=O)CCC(C)=O. The van der Waals surface area contributed by atoms with E-state index >= 15 is 0 Å². The van der Waals surface area contributed by atoms with Crippen LogP contribution in [0.2, 0.25) is 0 Å². The van der Waals surface area contributed by atoms with Gasteiger partial charge < -0.3 is 60.6 Å². The number of unbranched alkanes of at least 4 members (excludes halogenated alkanes) is 14. The van der Waals surface area contributed by atoms with Crippen molar-refractivity contribution in [1.29, 1.82) is 0 Å². The molecule has 0 radical (unpaired) electrons. The van der Waals surface area contributed by atoms with Crippen LogP contribution in [0.3, 0.4) is 0 Å². The number of aliphatic carboxylic acids is 2. The predicted molar refractivity (Wildman–Crippen MR) is 287 cm³/mol. The third-order valence-electron chi connectivity index (χ3n) is 12.2. The van der Waals surface area contributed by atoms with Crippen LogP contribution in [0.25, 0.3) is 0 Å². The number of amides is 3. The van der Waals surface area contributed by atoms with Crippen LogP contribution in [0, 0.1) is 5.92 Å². The van der Waals surface area contributed by atoms with Gasteiger partial charge in [-0.1, -0.05) is 97.3 Å². The van der Waals surface area contributed by atoms with Crippen LogP contribution in [0.4, 0.5) is 0 Å². The van der Waals surface area contributed by atoms with E-state index in [1.165, 1.54) is 64.6 Å². The number of carboxylic acid groups (broad SMARTS) is 2. The number of aromatic amines is 1. The van der Waals surface area contributed by atoms with Crippen LogP contribution in [0.5, 0.6) is 0 Å². The molecule has 1 aromatic heterocycles. The first-order valence-corrected chi connectivity index (χ1v) is 28.0. The van der Waals surface area contributed by atoms with Crippen molar-refractivity contribution in [3.05, 3.63) is 18.2 Å². The summed E-state index contributed by atoms with van der Waals surface area (Å²) in [4.78, 5) is 112. The van der Waals surface area contributed by atoms with E-state index in [9.17, 15) is 48.3 Å². The summed E-state index contributed by atoms with van der Waals surface area (Å²) in [6.07, 6.45) is 23.3. The molecule has 0 aromatic carbocycles. The Bertz CT molecular complexity index is 1730. The molecule has 8 N–H and O–H groups in total. The fraction of sp³-hybridized carbons (Fsp3) is 0.782. The van der Waals surface area contributed by atoms with E-state index in [2.05, 4.69) is 25.9 Å². The summed E-state index contributed by atoms with van der Waals surface area (Å²) in [5.74, 6) is -3.46. The summed E-state index contributed by atoms with van der Waals surface area (Å²) in [7, 11) is 0. The Morgan fingerprint density at radius 2 is 1.13 bits per heavy atom. The number of H-pyrrole nitrogens is 1. The molecule has 0 fully saturated rings. The molecule has 1 rings (SSSR count). The quantitative estimate of drug-likeness (QED) is 0.0351. The van der Waals surface area contributed by atoms with E-state index in [-0.39, 0.29) is 99.4 Å². The number of Topliss-reactive ketones (excluding diaryl/α,β-unsaturated/α-hetero) is 4. The second-order valence-electron chi connectivity index (χ2n) is 19.2. The number of carbonyl (C=O) groups is 9. The molecular weight excluding hydrogens is 985 g/mol. The maximum absolute atomic E-state index is 12.7. The van der Waals surface area contributed by atoms with Crippen molar-refractivity contribution in [2.24, 2.45) is 11.7 Å². The van der Waals surface area contributed by atoms with Gasteiger partial charge in [0.2, 0.25) is 17.7 Å². The van der Waals surface area contributed by atoms with Gasteiger partial charge in [-0.15, -0.1) is 0 Å². The number of imidazole rings is 1. The molecule has 0 saturated carbocycles. The number of aromatic nitrogens is 2. The summed E-state index contributed by atoms with van der Waals surface area (Å²) in [5.41, 5.74) is 6.80. The van der Waals surface area contributed by atoms with Gasteiger partial charge in [0.05, 0.1) is 45.4 Å². The van der Waals surface area contributed by atoms with Crippen molar-refractivity contribution in [3.63, 3.8) is 0 Å². The Labute approximate surface area is 451 Å². The van der Waals surface area contributed by atoms with Crippen molar-refractivity contribution >= 4 is 52.8 Å². The molecule has 0 aliphatic heterocycles. The molecule has 3 atom stereocenters. The Balaban J connectivity index is 0.00000156. The number of hydrogen-bond acceptors (Lipinski definition) is 15. The van der Waals surface area contributed by atoms with E-state index in [1.54, 1.807) is 13.1 Å². The molecule has 436 valence electrons. The normalized spacial score (nSPS) is 12.2. The molecule has 0 spiro atoms. The standard InChI is InChI=1S/C30H51N5O9.C25H45NO6/c1-3-11-41-13-15-43-21-30(40)34-10-12-42-14-16-44-20-29(39)33-9-5-4-6-24(27(37)8-7-23(2)36)17-28(38)26(31)18-25-19-32-22-35-25;1-2-21(27)19-20-22(25(31)32)26-23(28)17-15-13-11-9-7-5-3-4-6-8-10-12-14-16-18-24(29)30/h19,22,24,26H,3-18,20-21,31H2,1-2H3,(H,32,35)(H,33,39)(H,34,40);22H,2-20H2,1H3,(H,26,28)(H,29,30)(H,31,32)/t24-,26+;/m1./s1. The lowest BCUT2D eigenvalue weighted by molar-refractivity contribution is -0.142. The minimum atomic E-state index is -1.09. The molecule has 0 aliphatic carbocycles. The maximum atomic E-state index is 12.7. The highest BCUT2D eigenvalue weighted by molar-refractivity contribution is 5.92. The smallest absolute Gasteiger partial charge is 0.326 e. The highest BCUT2D eigenvalue weighted by atomic mass is 16.5. The highest BCUT2D eigenvalue weighted by Gasteiger charge is 2.25. The van der Waals surface area contributed by atoms with Crippen LogP contribution >= 0.6 is 0 Å². The first kappa shape index (κ1) is 71.0. The van der Waals surface area contributed by atoms with Gasteiger partial charge in [-0.3, -0.25) is 33.6 Å². The molecule has 3 amide bonds. The molecule has 0 aliphatic rings. The summed E-state index contributed by atoms with van der Waals surface area (Å²) in [6, 6.07) is -1.73. The van der Waals surface area contributed by atoms with Gasteiger partial charge in [0, 0.05) is 88.9 Å². The molecule has 21 heteroatoms. The number of hydrogen-bond donors (Lipinski definition) is 7. The zero-order valence-electron chi connectivity index (χ0n) is 46.3. The van der Waals surface area contributed by atoms with Crippen molar-refractivity contribution in [3.8, 4) is 0 Å². The van der Waals surface area contributed by atoms with Crippen LogP contribution in [0.15, 0.2) is 12.5 Å². The fourth-order valence-electron chi connectivity index (χ4n) is 7.73. The molecule has 1 unspecified atom stereocenters. The summed E-state index contributed by atoms with van der Waals surface area (Å²) in [5, 5.41) is 25.7. The Morgan fingerprint density at radius 1 is 0.592 bits per heavy atom. The number of carbonyl (C=O) groups excluding carboxylic acids is 7. The Morgan fingerprint density at radius 3 is 1.64 bits per heavy atom. The lowest BCUT2D eigenvalue weighted by Crippen LogP contribution is -2.41. The zero-order valence-corrected chi connectivity index (χ0v) is 46.3. The van der Waals surface area contributed by atoms with Gasteiger partial charge in [-0.25, -0.2) is 9.78 Å². The van der Waals surface area contributed by atoms with Gasteiger partial charge in [0.25, 0.3) is 0 Å². The second-order valence-corrected chi connectivity index (χ2v) is 19.2. The largest absolute Gasteiger partial charge is 0.481 e. The van der Waals surface area contributed by atoms with Crippen molar-refractivity contribution in [2.45, 2.75) is 206 Å². The van der Waals surface area contributed by atoms with E-state index < -0.39 is 29.9 Å². The first-order valence-electron chi connectivity index (χ1n) is 28.0. The predicted octanol–water partition coefficient (Wildman–Crippen LogP) is 6.31. The van der Waals surface area contributed by atoms with E-state index in [1.807, 2.05) is 6.92 Å². The molecule has 76 heavy (non-hydrogen) atoms. The molecule has 1 aromatic rings. The fourth-order valence-corrected chi connectivity index (χ4v) is 7.73. The van der Waals surface area contributed by atoms with Crippen LogP contribution in [-0.4, -0.2) is 151 Å². The van der Waals surface area contributed by atoms with Gasteiger partial charge in [0.15, 0.2) is 5.78 Å². The van der Waals surface area contributed by atoms with Gasteiger partial charge in [0.1, 0.15) is 36.6 Å². The highest BCUT2D eigenvalue weighted by Crippen LogP contribution is 2.19. The van der Waals surface area contributed by atoms with E-state index in [4.69, 9.17) is 29.8 Å². The molecule has 0 saturated heterocycles. The Kier molecular flexibility index (Phi) is 46.4. The number of nitrogens with one attached hydrogen (secondary N) is 4. The zero-order chi connectivity index (χ0) is 56.4. The number of nitrogens with zero attached hydrogens (tertiary/aromatic N) is 1. The number of nitrogens with two attached hydrogens (primary N) is 1. The lowest BCUT2D eigenvalue weighted by Gasteiger charge is -2.17. The topological polar surface area (TPSA) is 322 Å². The van der Waals surface area contributed by atoms with Gasteiger partial charge in [-0.05, 0) is 45.4 Å². The molecule has 21 nitrogen and oxygen atoms in total. The van der Waals surface area contributed by atoms with Crippen molar-refractivity contribution in [2.75, 3.05) is 65.9 Å².